The first-order chi connectivity index (χ1) is 18.6. The van der Waals surface area contributed by atoms with E-state index in [0.717, 1.165) is 12.1 Å². The van der Waals surface area contributed by atoms with Crippen LogP contribution in [-0.2, 0) is 14.4 Å². The molecular formula is C26H17Cl3FN3O6. The molecule has 0 aromatic heterocycles. The van der Waals surface area contributed by atoms with Gasteiger partial charge in [-0.25, -0.2) is 14.1 Å². The fraction of sp³-hybridized carbons (Fsp3) is 0.0769. The second-order valence-corrected chi connectivity index (χ2v) is 9.16. The van der Waals surface area contributed by atoms with Crippen LogP contribution in [0, 0.1) is 5.82 Å². The quantitative estimate of drug-likeness (QED) is 0.278. The normalized spacial score (nSPS) is 14.3. The summed E-state index contributed by atoms with van der Waals surface area (Å²) in [4.78, 5) is 50.9. The molecule has 1 fully saturated rings. The van der Waals surface area contributed by atoms with E-state index in [2.05, 4.69) is 10.6 Å². The molecule has 9 nitrogen and oxygen atoms in total. The van der Waals surface area contributed by atoms with Gasteiger partial charge in [0.15, 0.2) is 18.1 Å². The molecule has 3 aromatic carbocycles. The van der Waals surface area contributed by atoms with Crippen LogP contribution in [-0.4, -0.2) is 37.5 Å². The zero-order chi connectivity index (χ0) is 28.3. The highest BCUT2D eigenvalue weighted by Crippen LogP contribution is 2.37. The standard InChI is InChI=1S/C26H17Cl3FN3O6/c1-38-21-10-13(8-17-24(35)32-26(37)33(25(17)36)16-5-2-14(30)3-6-16)9-20(29)23(21)39-12-22(34)31-15-4-7-18(27)19(28)11-15/h2-11H,12H2,1H3,(H,31,34)(H,32,35,37)/b17-8+. The van der Waals surface area contributed by atoms with Crippen molar-refractivity contribution in [1.29, 1.82) is 0 Å². The molecule has 13 heteroatoms. The zero-order valence-electron chi connectivity index (χ0n) is 19.9. The summed E-state index contributed by atoms with van der Waals surface area (Å²) >= 11 is 18.2. The third kappa shape index (κ3) is 6.31. The number of hydrogen-bond donors (Lipinski definition) is 2. The van der Waals surface area contributed by atoms with Crippen molar-refractivity contribution in [3.05, 3.63) is 86.6 Å². The number of imide groups is 2. The highest BCUT2D eigenvalue weighted by atomic mass is 35.5. The van der Waals surface area contributed by atoms with Crippen LogP contribution >= 0.6 is 34.8 Å². The largest absolute Gasteiger partial charge is 0.493 e. The van der Waals surface area contributed by atoms with Gasteiger partial charge < -0.3 is 14.8 Å². The van der Waals surface area contributed by atoms with Crippen LogP contribution in [0.1, 0.15) is 5.56 Å². The van der Waals surface area contributed by atoms with Gasteiger partial charge in [0.25, 0.3) is 17.7 Å². The van der Waals surface area contributed by atoms with Crippen molar-refractivity contribution < 1.29 is 33.0 Å². The second-order valence-electron chi connectivity index (χ2n) is 7.93. The van der Waals surface area contributed by atoms with E-state index < -0.39 is 36.2 Å². The number of carbonyl (C=O) groups is 4. The Hall–Kier alpha value is -4.12. The number of nitrogens with zero attached hydrogens (tertiary/aromatic N) is 1. The van der Waals surface area contributed by atoms with E-state index in [0.29, 0.717) is 15.6 Å². The Morgan fingerprint density at radius 1 is 1.00 bits per heavy atom. The molecule has 1 saturated heterocycles. The van der Waals surface area contributed by atoms with Crippen molar-refractivity contribution in [2.45, 2.75) is 0 Å². The first kappa shape index (κ1) is 27.9. The van der Waals surface area contributed by atoms with E-state index in [1.165, 1.54) is 49.6 Å². The van der Waals surface area contributed by atoms with E-state index in [1.54, 1.807) is 6.07 Å². The minimum Gasteiger partial charge on any atom is -0.493 e. The molecule has 1 heterocycles. The molecule has 5 amide bonds. The highest BCUT2D eigenvalue weighted by Gasteiger charge is 2.37. The molecule has 200 valence electrons. The molecule has 0 unspecified atom stereocenters. The maximum atomic E-state index is 13.3. The molecule has 0 radical (unpaired) electrons. The van der Waals surface area contributed by atoms with Gasteiger partial charge in [-0.15, -0.1) is 0 Å². The maximum Gasteiger partial charge on any atom is 0.335 e. The Kier molecular flexibility index (Phi) is 8.39. The number of anilines is 2. The number of nitrogens with one attached hydrogen (secondary N) is 2. The summed E-state index contributed by atoms with van der Waals surface area (Å²) in [7, 11) is 1.33. The number of urea groups is 1. The lowest BCUT2D eigenvalue weighted by Crippen LogP contribution is -2.54. The molecule has 1 aliphatic rings. The van der Waals surface area contributed by atoms with Gasteiger partial charge in [-0.1, -0.05) is 34.8 Å². The van der Waals surface area contributed by atoms with Gasteiger partial charge in [0.2, 0.25) is 0 Å². The van der Waals surface area contributed by atoms with Gasteiger partial charge in [-0.05, 0) is 66.2 Å². The Morgan fingerprint density at radius 3 is 2.38 bits per heavy atom. The second kappa shape index (κ2) is 11.7. The van der Waals surface area contributed by atoms with Gasteiger partial charge >= 0.3 is 6.03 Å². The Balaban J connectivity index is 1.54. The predicted molar refractivity (Wildman–Crippen MR) is 144 cm³/mol. The highest BCUT2D eigenvalue weighted by molar-refractivity contribution is 6.42. The maximum absolute atomic E-state index is 13.3. The molecule has 0 saturated carbocycles. The van der Waals surface area contributed by atoms with Crippen LogP contribution in [0.4, 0.5) is 20.6 Å². The topological polar surface area (TPSA) is 114 Å². The lowest BCUT2D eigenvalue weighted by atomic mass is 10.1. The summed E-state index contributed by atoms with van der Waals surface area (Å²) in [6.07, 6.45) is 1.20. The van der Waals surface area contributed by atoms with Gasteiger partial charge in [0.1, 0.15) is 11.4 Å². The molecule has 1 aliphatic heterocycles. The van der Waals surface area contributed by atoms with Crippen molar-refractivity contribution in [2.75, 3.05) is 23.9 Å². The van der Waals surface area contributed by atoms with Crippen LogP contribution < -0.4 is 25.0 Å². The van der Waals surface area contributed by atoms with Gasteiger partial charge in [-0.3, -0.25) is 19.7 Å². The smallest absolute Gasteiger partial charge is 0.335 e. The van der Waals surface area contributed by atoms with E-state index in [9.17, 15) is 23.6 Å². The summed E-state index contributed by atoms with van der Waals surface area (Å²) in [5.74, 6) is -2.80. The summed E-state index contributed by atoms with van der Waals surface area (Å²) in [5.41, 5.74) is 0.348. The van der Waals surface area contributed by atoms with Gasteiger partial charge in [0.05, 0.1) is 27.9 Å². The Labute approximate surface area is 236 Å². The molecule has 0 bridgehead atoms. The average molecular weight is 593 g/mol. The predicted octanol–water partition coefficient (Wildman–Crippen LogP) is 5.48. The van der Waals surface area contributed by atoms with Crippen LogP contribution in [0.3, 0.4) is 0 Å². The van der Waals surface area contributed by atoms with Crippen molar-refractivity contribution >= 4 is 76.0 Å². The van der Waals surface area contributed by atoms with Gasteiger partial charge in [-0.2, -0.15) is 0 Å². The molecule has 39 heavy (non-hydrogen) atoms. The molecule has 0 spiro atoms. The van der Waals surface area contributed by atoms with Crippen molar-refractivity contribution in [3.63, 3.8) is 0 Å². The van der Waals surface area contributed by atoms with Crippen molar-refractivity contribution in [2.24, 2.45) is 0 Å². The Bertz CT molecular complexity index is 1530. The van der Waals surface area contributed by atoms with Crippen LogP contribution in [0.25, 0.3) is 6.08 Å². The first-order valence-electron chi connectivity index (χ1n) is 11.0. The summed E-state index contributed by atoms with van der Waals surface area (Å²) in [6.45, 7) is -0.438. The lowest BCUT2D eigenvalue weighted by Gasteiger charge is -2.26. The van der Waals surface area contributed by atoms with Crippen molar-refractivity contribution in [1.82, 2.24) is 5.32 Å². The minimum absolute atomic E-state index is 0.0127. The first-order valence-corrected chi connectivity index (χ1v) is 12.1. The molecule has 4 rings (SSSR count). The monoisotopic (exact) mass is 591 g/mol. The number of rotatable bonds is 7. The average Bonchev–Trinajstić information content (AvgIpc) is 2.88. The fourth-order valence-corrected chi connectivity index (χ4v) is 4.09. The molecule has 3 aromatic rings. The summed E-state index contributed by atoms with van der Waals surface area (Å²) < 4.78 is 24.2. The summed E-state index contributed by atoms with van der Waals surface area (Å²) in [6, 6.07) is 11.0. The fourth-order valence-electron chi connectivity index (χ4n) is 3.52. The third-order valence-electron chi connectivity index (χ3n) is 5.30. The lowest BCUT2D eigenvalue weighted by molar-refractivity contribution is -0.122. The number of carbonyl (C=O) groups excluding carboxylic acids is 4. The number of ether oxygens (including phenoxy) is 2. The SMILES string of the molecule is COc1cc(/C=C2\C(=O)NC(=O)N(c3ccc(F)cc3)C2=O)cc(Cl)c1OCC(=O)Nc1ccc(Cl)c(Cl)c1. The number of halogens is 4. The van der Waals surface area contributed by atoms with E-state index in [1.807, 2.05) is 0 Å². The van der Waals surface area contributed by atoms with Crippen LogP contribution in [0.2, 0.25) is 15.1 Å². The van der Waals surface area contributed by atoms with E-state index in [-0.39, 0.29) is 38.4 Å². The van der Waals surface area contributed by atoms with E-state index in [4.69, 9.17) is 44.3 Å². The Morgan fingerprint density at radius 2 is 1.72 bits per heavy atom. The number of methoxy groups -OCH3 is 1. The van der Waals surface area contributed by atoms with E-state index >= 15 is 0 Å². The van der Waals surface area contributed by atoms with Gasteiger partial charge in [0, 0.05) is 5.69 Å². The molecular weight excluding hydrogens is 576 g/mol. The zero-order valence-corrected chi connectivity index (χ0v) is 22.2. The molecule has 0 atom stereocenters. The van der Waals surface area contributed by atoms with Crippen molar-refractivity contribution in [3.8, 4) is 11.5 Å². The number of barbiturate groups is 1. The number of benzene rings is 3. The van der Waals surface area contributed by atoms with Crippen LogP contribution in [0.5, 0.6) is 11.5 Å². The summed E-state index contributed by atoms with van der Waals surface area (Å²) in [5, 5.41) is 5.28. The third-order valence-corrected chi connectivity index (χ3v) is 6.32. The molecule has 2 N–H and O–H groups in total. The van der Waals surface area contributed by atoms with Crippen LogP contribution in [0.15, 0.2) is 60.2 Å². The minimum atomic E-state index is -0.979. The molecule has 0 aliphatic carbocycles. The number of hydrogen-bond acceptors (Lipinski definition) is 6. The number of amides is 5.